The van der Waals surface area contributed by atoms with Gasteiger partial charge in [0.25, 0.3) is 0 Å². The number of nitrogens with zero attached hydrogens (tertiary/aromatic N) is 1. The third-order valence-electron chi connectivity index (χ3n) is 4.39. The molecule has 2 aliphatic rings. The van der Waals surface area contributed by atoms with Crippen LogP contribution < -0.4 is 5.32 Å². The lowest BCUT2D eigenvalue weighted by Gasteiger charge is -2.24. The van der Waals surface area contributed by atoms with E-state index in [0.717, 1.165) is 12.8 Å². The zero-order valence-electron chi connectivity index (χ0n) is 11.6. The van der Waals surface area contributed by atoms with Gasteiger partial charge < -0.3 is 4.90 Å². The Hall–Kier alpha value is -0.870. The zero-order valence-corrected chi connectivity index (χ0v) is 12.5. The molecule has 1 N–H and O–H groups in total. The first kappa shape index (κ1) is 13.1. The van der Waals surface area contributed by atoms with Gasteiger partial charge in [-0.2, -0.15) is 11.3 Å². The van der Waals surface area contributed by atoms with E-state index in [0.29, 0.717) is 17.9 Å². The lowest BCUT2D eigenvalue weighted by molar-refractivity contribution is -0.131. The van der Waals surface area contributed by atoms with Gasteiger partial charge in [0, 0.05) is 6.04 Å². The van der Waals surface area contributed by atoms with Gasteiger partial charge in [-0.3, -0.25) is 10.1 Å². The summed E-state index contributed by atoms with van der Waals surface area (Å²) in [6, 6.07) is 2.63. The minimum Gasteiger partial charge on any atom is -0.318 e. The molecule has 19 heavy (non-hydrogen) atoms. The van der Waals surface area contributed by atoms with Gasteiger partial charge in [0.05, 0.1) is 6.04 Å². The lowest BCUT2D eigenvalue weighted by atomic mass is 10.1. The quantitative estimate of drug-likeness (QED) is 0.897. The SMILES string of the molecule is CCCC1NC(c2ccsc2)N(C2CC2CC)C1=O. The molecule has 1 saturated heterocycles. The van der Waals surface area contributed by atoms with Crippen molar-refractivity contribution in [1.29, 1.82) is 0 Å². The second kappa shape index (κ2) is 5.25. The fourth-order valence-electron chi connectivity index (χ4n) is 3.20. The number of thiophene rings is 1. The van der Waals surface area contributed by atoms with E-state index in [-0.39, 0.29) is 12.2 Å². The summed E-state index contributed by atoms with van der Waals surface area (Å²) in [6.07, 6.45) is 4.47. The molecule has 104 valence electrons. The van der Waals surface area contributed by atoms with Crippen LogP contribution in [0.5, 0.6) is 0 Å². The molecule has 1 aromatic rings. The Balaban J connectivity index is 1.82. The smallest absolute Gasteiger partial charge is 0.241 e. The Morgan fingerprint density at radius 1 is 1.47 bits per heavy atom. The first-order chi connectivity index (χ1) is 9.26. The maximum absolute atomic E-state index is 12.6. The Morgan fingerprint density at radius 2 is 2.32 bits per heavy atom. The Bertz CT molecular complexity index is 445. The van der Waals surface area contributed by atoms with E-state index < -0.39 is 0 Å². The van der Waals surface area contributed by atoms with Crippen LogP contribution in [0.1, 0.15) is 51.3 Å². The maximum Gasteiger partial charge on any atom is 0.241 e. The molecule has 1 aliphatic carbocycles. The van der Waals surface area contributed by atoms with Crippen molar-refractivity contribution in [2.75, 3.05) is 0 Å². The van der Waals surface area contributed by atoms with Crippen LogP contribution in [-0.2, 0) is 4.79 Å². The molecule has 0 radical (unpaired) electrons. The molecule has 2 fully saturated rings. The van der Waals surface area contributed by atoms with Crippen molar-refractivity contribution < 1.29 is 4.79 Å². The number of rotatable bonds is 5. The molecule has 4 atom stereocenters. The van der Waals surface area contributed by atoms with Gasteiger partial charge in [0.2, 0.25) is 5.91 Å². The summed E-state index contributed by atoms with van der Waals surface area (Å²) in [5, 5.41) is 7.80. The summed E-state index contributed by atoms with van der Waals surface area (Å²) in [5.41, 5.74) is 1.25. The number of nitrogens with one attached hydrogen (secondary N) is 1. The van der Waals surface area contributed by atoms with Crippen molar-refractivity contribution >= 4 is 17.2 Å². The normalized spacial score (nSPS) is 34.0. The number of hydrogen-bond donors (Lipinski definition) is 1. The highest BCUT2D eigenvalue weighted by Crippen LogP contribution is 2.44. The van der Waals surface area contributed by atoms with Gasteiger partial charge >= 0.3 is 0 Å². The average Bonchev–Trinajstić information content (AvgIpc) is 2.84. The van der Waals surface area contributed by atoms with Crippen molar-refractivity contribution in [3.05, 3.63) is 22.4 Å². The van der Waals surface area contributed by atoms with Gasteiger partial charge in [-0.1, -0.05) is 26.7 Å². The molecule has 1 aromatic heterocycles. The predicted octanol–water partition coefficient (Wildman–Crippen LogP) is 3.15. The highest BCUT2D eigenvalue weighted by atomic mass is 32.1. The molecule has 1 aliphatic heterocycles. The minimum absolute atomic E-state index is 0.0213. The highest BCUT2D eigenvalue weighted by Gasteiger charge is 2.50. The molecule has 0 aromatic carbocycles. The van der Waals surface area contributed by atoms with E-state index in [4.69, 9.17) is 0 Å². The second-order valence-electron chi connectivity index (χ2n) is 5.68. The van der Waals surface area contributed by atoms with Gasteiger partial charge in [-0.05, 0) is 41.1 Å². The van der Waals surface area contributed by atoms with Gasteiger partial charge in [0.15, 0.2) is 0 Å². The summed E-state index contributed by atoms with van der Waals surface area (Å²) < 4.78 is 0. The fourth-order valence-corrected chi connectivity index (χ4v) is 3.88. The van der Waals surface area contributed by atoms with E-state index in [1.54, 1.807) is 11.3 Å². The summed E-state index contributed by atoms with van der Waals surface area (Å²) in [6.45, 7) is 4.37. The summed E-state index contributed by atoms with van der Waals surface area (Å²) in [7, 11) is 0. The fraction of sp³-hybridized carbons (Fsp3) is 0.667. The van der Waals surface area contributed by atoms with Gasteiger partial charge in [0.1, 0.15) is 6.17 Å². The molecule has 2 heterocycles. The van der Waals surface area contributed by atoms with E-state index in [1.165, 1.54) is 18.4 Å². The second-order valence-corrected chi connectivity index (χ2v) is 6.46. The number of carbonyl (C=O) groups is 1. The summed E-state index contributed by atoms with van der Waals surface area (Å²) >= 11 is 1.70. The number of hydrogen-bond acceptors (Lipinski definition) is 3. The van der Waals surface area contributed by atoms with E-state index in [1.807, 2.05) is 0 Å². The van der Waals surface area contributed by atoms with E-state index in [9.17, 15) is 4.79 Å². The monoisotopic (exact) mass is 278 g/mol. The van der Waals surface area contributed by atoms with Crippen LogP contribution in [0.3, 0.4) is 0 Å². The number of amides is 1. The van der Waals surface area contributed by atoms with Crippen LogP contribution in [0.25, 0.3) is 0 Å². The van der Waals surface area contributed by atoms with Crippen molar-refractivity contribution in [1.82, 2.24) is 10.2 Å². The summed E-state index contributed by atoms with van der Waals surface area (Å²) in [4.78, 5) is 14.7. The Labute approximate surface area is 119 Å². The van der Waals surface area contributed by atoms with Crippen LogP contribution in [0.4, 0.5) is 0 Å². The van der Waals surface area contributed by atoms with Crippen LogP contribution in [0.2, 0.25) is 0 Å². The molecule has 3 nitrogen and oxygen atoms in total. The van der Waals surface area contributed by atoms with E-state index >= 15 is 0 Å². The molecule has 0 bridgehead atoms. The maximum atomic E-state index is 12.6. The highest BCUT2D eigenvalue weighted by molar-refractivity contribution is 7.07. The molecule has 4 unspecified atom stereocenters. The first-order valence-corrected chi connectivity index (χ1v) is 8.30. The van der Waals surface area contributed by atoms with Gasteiger partial charge in [-0.25, -0.2) is 0 Å². The Kier molecular flexibility index (Phi) is 3.63. The standard InChI is InChI=1S/C15H22N2OS/c1-3-5-12-15(18)17(13-8-10(13)4-2)14(16-12)11-6-7-19-9-11/h6-7,9-10,12-14,16H,3-5,8H2,1-2H3. The molecule has 1 amide bonds. The van der Waals surface area contributed by atoms with Crippen molar-refractivity contribution in [2.45, 2.75) is 57.8 Å². The largest absolute Gasteiger partial charge is 0.318 e. The molecule has 3 rings (SSSR count). The molecule has 4 heteroatoms. The van der Waals surface area contributed by atoms with Crippen molar-refractivity contribution in [2.24, 2.45) is 5.92 Å². The van der Waals surface area contributed by atoms with Crippen LogP contribution in [0.15, 0.2) is 16.8 Å². The zero-order chi connectivity index (χ0) is 13.4. The predicted molar refractivity (Wildman–Crippen MR) is 77.9 cm³/mol. The molecular weight excluding hydrogens is 256 g/mol. The third-order valence-corrected chi connectivity index (χ3v) is 5.09. The molecular formula is C15H22N2OS. The first-order valence-electron chi connectivity index (χ1n) is 7.36. The molecule has 1 saturated carbocycles. The minimum atomic E-state index is 0.0213. The molecule has 0 spiro atoms. The van der Waals surface area contributed by atoms with Crippen LogP contribution in [0, 0.1) is 5.92 Å². The number of carbonyl (C=O) groups excluding carboxylic acids is 1. The average molecular weight is 278 g/mol. The van der Waals surface area contributed by atoms with Crippen molar-refractivity contribution in [3.8, 4) is 0 Å². The Morgan fingerprint density at radius 3 is 2.89 bits per heavy atom. The summed E-state index contributed by atoms with van der Waals surface area (Å²) in [5.74, 6) is 1.03. The van der Waals surface area contributed by atoms with Gasteiger partial charge in [-0.15, -0.1) is 0 Å². The third kappa shape index (κ3) is 2.32. The van der Waals surface area contributed by atoms with Crippen molar-refractivity contribution in [3.63, 3.8) is 0 Å². The van der Waals surface area contributed by atoms with E-state index in [2.05, 4.69) is 40.9 Å². The topological polar surface area (TPSA) is 32.3 Å². The van der Waals surface area contributed by atoms with Crippen LogP contribution in [-0.4, -0.2) is 22.9 Å². The van der Waals surface area contributed by atoms with Crippen LogP contribution >= 0.6 is 11.3 Å². The lowest BCUT2D eigenvalue weighted by Crippen LogP contribution is -2.33.